The number of hydroxylamine groups is 2. The Morgan fingerprint density at radius 3 is 2.00 bits per heavy atom. The summed E-state index contributed by atoms with van der Waals surface area (Å²) in [7, 11) is 3.73. The lowest BCUT2D eigenvalue weighted by atomic mass is 10.4. The molecule has 0 atom stereocenters. The van der Waals surface area contributed by atoms with Gasteiger partial charge in [-0.1, -0.05) is 0 Å². The quantitative estimate of drug-likeness (QED) is 0.473. The van der Waals surface area contributed by atoms with E-state index in [1.165, 1.54) is 5.06 Å². The summed E-state index contributed by atoms with van der Waals surface area (Å²) in [6, 6.07) is 0. The third kappa shape index (κ3) is 1.43. The Balaban J connectivity index is 2.19. The maximum Gasteiger partial charge on any atom is 0.0366 e. The number of hydrogen-bond acceptors (Lipinski definition) is 3. The van der Waals surface area contributed by atoms with Crippen LogP contribution in [0.2, 0.25) is 0 Å². The summed E-state index contributed by atoms with van der Waals surface area (Å²) in [4.78, 5) is 1.95. The summed E-state index contributed by atoms with van der Waals surface area (Å²) < 4.78 is 0. The van der Waals surface area contributed by atoms with Crippen molar-refractivity contribution in [1.29, 1.82) is 0 Å². The van der Waals surface area contributed by atoms with Crippen molar-refractivity contribution >= 4 is 0 Å². The van der Waals surface area contributed by atoms with E-state index in [0.29, 0.717) is 0 Å². The van der Waals surface area contributed by atoms with Crippen molar-refractivity contribution in [1.82, 2.24) is 9.96 Å². The van der Waals surface area contributed by atoms with E-state index in [4.69, 9.17) is 5.21 Å². The molecule has 1 aliphatic heterocycles. The van der Waals surface area contributed by atoms with Gasteiger partial charge in [0.05, 0.1) is 0 Å². The molecule has 1 heterocycles. The normalized spacial score (nSPS) is 26.2. The summed E-state index contributed by atoms with van der Waals surface area (Å²) in [5.41, 5.74) is 0. The summed E-state index contributed by atoms with van der Waals surface area (Å²) in [6.45, 7) is 3.19. The molecule has 0 bridgehead atoms. The van der Waals surface area contributed by atoms with Gasteiger partial charge in [0, 0.05) is 33.2 Å². The Morgan fingerprint density at radius 2 is 1.62 bits per heavy atom. The summed E-state index contributed by atoms with van der Waals surface area (Å²) in [6.07, 6.45) is 0. The molecule has 1 radical (unpaired) electrons. The highest BCUT2D eigenvalue weighted by Gasteiger charge is 2.09. The van der Waals surface area contributed by atoms with E-state index in [1.807, 2.05) is 4.90 Å². The number of rotatable bonds is 0. The van der Waals surface area contributed by atoms with Crippen LogP contribution in [0, 0.1) is 7.05 Å². The molecule has 0 aromatic heterocycles. The Kier molecular flexibility index (Phi) is 1.83. The summed E-state index contributed by atoms with van der Waals surface area (Å²) >= 11 is 0. The molecule has 1 aliphatic rings. The smallest absolute Gasteiger partial charge is 0.0366 e. The highest BCUT2D eigenvalue weighted by Crippen LogP contribution is 1.94. The lowest BCUT2D eigenvalue weighted by Gasteiger charge is -2.27. The van der Waals surface area contributed by atoms with Crippen LogP contribution in [-0.4, -0.2) is 41.3 Å². The van der Waals surface area contributed by atoms with Gasteiger partial charge in [0.2, 0.25) is 0 Å². The molecule has 0 aliphatic carbocycles. The molecule has 1 fully saturated rings. The van der Waals surface area contributed by atoms with E-state index in [9.17, 15) is 0 Å². The van der Waals surface area contributed by atoms with Crippen molar-refractivity contribution in [3.63, 3.8) is 0 Å². The van der Waals surface area contributed by atoms with Gasteiger partial charge in [-0.15, -0.1) is 0 Å². The van der Waals surface area contributed by atoms with Crippen molar-refractivity contribution < 1.29 is 5.21 Å². The van der Waals surface area contributed by atoms with Gasteiger partial charge in [0.1, 0.15) is 0 Å². The third-order valence-electron chi connectivity index (χ3n) is 1.35. The molecular formula is C5H11N2O. The first kappa shape index (κ1) is 6.01. The van der Waals surface area contributed by atoms with Crippen LogP contribution < -0.4 is 0 Å². The summed E-state index contributed by atoms with van der Waals surface area (Å²) in [5.74, 6) is 0. The number of hydrogen-bond donors (Lipinski definition) is 1. The monoisotopic (exact) mass is 115 g/mol. The molecule has 0 saturated carbocycles. The molecule has 3 nitrogen and oxygen atoms in total. The lowest BCUT2D eigenvalue weighted by Crippen LogP contribution is -2.41. The zero-order valence-corrected chi connectivity index (χ0v) is 4.88. The van der Waals surface area contributed by atoms with E-state index in [2.05, 4.69) is 7.05 Å². The van der Waals surface area contributed by atoms with Crippen molar-refractivity contribution in [3.8, 4) is 0 Å². The molecule has 47 valence electrons. The molecule has 1 rings (SSSR count). The minimum atomic E-state index is 0.726. The fourth-order valence-electron chi connectivity index (χ4n) is 0.737. The predicted octanol–water partition coefficient (Wildman–Crippen LogP) is -0.215. The highest BCUT2D eigenvalue weighted by molar-refractivity contribution is 4.64. The van der Waals surface area contributed by atoms with Crippen molar-refractivity contribution in [2.45, 2.75) is 0 Å². The Morgan fingerprint density at radius 1 is 1.12 bits per heavy atom. The first-order valence-corrected chi connectivity index (χ1v) is 2.78. The second-order valence-electron chi connectivity index (χ2n) is 2.07. The molecule has 1 N–H and O–H groups in total. The topological polar surface area (TPSA) is 26.7 Å². The van der Waals surface area contributed by atoms with Gasteiger partial charge >= 0.3 is 0 Å². The zero-order chi connectivity index (χ0) is 5.98. The van der Waals surface area contributed by atoms with E-state index < -0.39 is 0 Å². The Labute approximate surface area is 49.5 Å². The van der Waals surface area contributed by atoms with E-state index in [-0.39, 0.29) is 0 Å². The fourth-order valence-corrected chi connectivity index (χ4v) is 0.737. The first-order chi connectivity index (χ1) is 3.79. The standard InChI is InChI=1S/C5H11N2O/c1-6-2-4-7(8)5-3-6/h8H,1-5H2. The lowest BCUT2D eigenvalue weighted by molar-refractivity contribution is -0.112. The molecule has 0 amide bonds. The molecular weight excluding hydrogens is 104 g/mol. The molecule has 0 unspecified atom stereocenters. The SMILES string of the molecule is [CH2]N1CCN(O)CC1. The first-order valence-electron chi connectivity index (χ1n) is 2.78. The number of nitrogens with zero attached hydrogens (tertiary/aromatic N) is 2. The van der Waals surface area contributed by atoms with Crippen molar-refractivity contribution in [3.05, 3.63) is 7.05 Å². The molecule has 3 heteroatoms. The van der Waals surface area contributed by atoms with Crippen LogP contribution in [0.4, 0.5) is 0 Å². The second kappa shape index (κ2) is 2.44. The van der Waals surface area contributed by atoms with Crippen LogP contribution in [0.3, 0.4) is 0 Å². The van der Waals surface area contributed by atoms with Gasteiger partial charge in [0.25, 0.3) is 0 Å². The maximum absolute atomic E-state index is 8.81. The minimum Gasteiger partial charge on any atom is -0.314 e. The molecule has 0 spiro atoms. The van der Waals surface area contributed by atoms with Gasteiger partial charge in [-0.3, -0.25) is 4.90 Å². The van der Waals surface area contributed by atoms with E-state index >= 15 is 0 Å². The van der Waals surface area contributed by atoms with E-state index in [0.717, 1.165) is 26.2 Å². The van der Waals surface area contributed by atoms with Crippen molar-refractivity contribution in [2.24, 2.45) is 0 Å². The second-order valence-corrected chi connectivity index (χ2v) is 2.07. The predicted molar refractivity (Wildman–Crippen MR) is 30.3 cm³/mol. The van der Waals surface area contributed by atoms with Gasteiger partial charge in [-0.25, -0.2) is 0 Å². The van der Waals surface area contributed by atoms with Crippen molar-refractivity contribution in [2.75, 3.05) is 26.2 Å². The average Bonchev–Trinajstić information content (AvgIpc) is 1.77. The molecule has 0 aromatic carbocycles. The maximum atomic E-state index is 8.81. The minimum absolute atomic E-state index is 0.726. The fraction of sp³-hybridized carbons (Fsp3) is 0.800. The van der Waals surface area contributed by atoms with Crippen LogP contribution in [0.15, 0.2) is 0 Å². The van der Waals surface area contributed by atoms with Gasteiger partial charge in [-0.05, 0) is 0 Å². The van der Waals surface area contributed by atoms with Gasteiger partial charge in [0.15, 0.2) is 0 Å². The zero-order valence-electron chi connectivity index (χ0n) is 4.88. The van der Waals surface area contributed by atoms with Crippen LogP contribution in [0.5, 0.6) is 0 Å². The van der Waals surface area contributed by atoms with E-state index in [1.54, 1.807) is 0 Å². The van der Waals surface area contributed by atoms with Crippen LogP contribution in [0.1, 0.15) is 0 Å². The third-order valence-corrected chi connectivity index (χ3v) is 1.35. The van der Waals surface area contributed by atoms with Crippen LogP contribution in [0.25, 0.3) is 0 Å². The molecule has 0 aromatic rings. The summed E-state index contributed by atoms with van der Waals surface area (Å²) in [5, 5.41) is 10.1. The van der Waals surface area contributed by atoms with Gasteiger partial charge < -0.3 is 5.21 Å². The van der Waals surface area contributed by atoms with Gasteiger partial charge in [-0.2, -0.15) is 5.06 Å². The molecule has 1 saturated heterocycles. The highest BCUT2D eigenvalue weighted by atomic mass is 16.5. The largest absolute Gasteiger partial charge is 0.314 e. The average molecular weight is 115 g/mol. The molecule has 8 heavy (non-hydrogen) atoms. The number of piperazine rings is 1. The van der Waals surface area contributed by atoms with Crippen LogP contribution >= 0.6 is 0 Å². The Hall–Kier alpha value is -0.120. The van der Waals surface area contributed by atoms with Crippen LogP contribution in [-0.2, 0) is 0 Å². The Bertz CT molecular complexity index is 58.8.